The predicted molar refractivity (Wildman–Crippen MR) is 141 cm³/mol. The molecule has 3 fully saturated rings. The highest BCUT2D eigenvalue weighted by molar-refractivity contribution is 6.26. The van der Waals surface area contributed by atoms with E-state index in [4.69, 9.17) is 16.3 Å². The van der Waals surface area contributed by atoms with Crippen molar-refractivity contribution >= 4 is 28.1 Å². The van der Waals surface area contributed by atoms with Gasteiger partial charge in [0.15, 0.2) is 0 Å². The van der Waals surface area contributed by atoms with Crippen LogP contribution < -0.4 is 0 Å². The zero-order chi connectivity index (χ0) is 25.3. The molecular weight excluding hydrogens is 474 g/mol. The molecule has 1 saturated heterocycles. The number of fused-ring (bicyclic) bond motifs is 2. The third-order valence-corrected chi connectivity index (χ3v) is 11.3. The first-order chi connectivity index (χ1) is 17.0. The maximum Gasteiger partial charge on any atom is 0.105 e. The van der Waals surface area contributed by atoms with E-state index in [1.54, 1.807) is 0 Å². The molecule has 5 aliphatic rings. The minimum Gasteiger partial charge on any atom is -0.388 e. The zero-order valence-electron chi connectivity index (χ0n) is 21.5. The fourth-order valence-electron chi connectivity index (χ4n) is 8.74. The number of hydrogen-bond acceptors (Lipinski definition) is 5. The molecule has 7 rings (SSSR count). The molecule has 1 aromatic carbocycles. The number of aliphatic hydroxyl groups is 2. The average Bonchev–Trinajstić information content (AvgIpc) is 3.50. The van der Waals surface area contributed by atoms with Crippen molar-refractivity contribution in [2.75, 3.05) is 14.1 Å². The zero-order valence-corrected chi connectivity index (χ0v) is 22.3. The SMILES string of the molecule is Cc1[nH]nc2cc(C3=CCC4C3(C)CCC3(Cl)C=C5C(O)C(O)C(N(C)C)CC56CCC43O6)ccc12. The Labute approximate surface area is 217 Å². The first kappa shape index (κ1) is 23.4. The number of aliphatic hydroxyl groups excluding tert-OH is 2. The summed E-state index contributed by atoms with van der Waals surface area (Å²) in [5.74, 6) is 0.252. The quantitative estimate of drug-likeness (QED) is 0.414. The largest absolute Gasteiger partial charge is 0.388 e. The molecule has 3 aliphatic carbocycles. The molecule has 36 heavy (non-hydrogen) atoms. The van der Waals surface area contributed by atoms with Crippen LogP contribution in [0.5, 0.6) is 0 Å². The van der Waals surface area contributed by atoms with Crippen molar-refractivity contribution in [1.82, 2.24) is 15.1 Å². The molecule has 2 bridgehead atoms. The molecule has 3 heterocycles. The average molecular weight is 510 g/mol. The summed E-state index contributed by atoms with van der Waals surface area (Å²) >= 11 is 7.55. The van der Waals surface area contributed by atoms with Gasteiger partial charge in [0.25, 0.3) is 0 Å². The summed E-state index contributed by atoms with van der Waals surface area (Å²) in [6, 6.07) is 6.47. The van der Waals surface area contributed by atoms with E-state index < -0.39 is 28.3 Å². The Morgan fingerprint density at radius 2 is 1.97 bits per heavy atom. The fourth-order valence-corrected chi connectivity index (χ4v) is 9.22. The van der Waals surface area contributed by atoms with Gasteiger partial charge in [0.2, 0.25) is 0 Å². The van der Waals surface area contributed by atoms with Crippen molar-refractivity contribution in [1.29, 1.82) is 0 Å². The second kappa shape index (κ2) is 7.23. The lowest BCUT2D eigenvalue weighted by atomic mass is 9.54. The lowest BCUT2D eigenvalue weighted by Gasteiger charge is -2.61. The van der Waals surface area contributed by atoms with E-state index in [2.05, 4.69) is 54.4 Å². The Balaban J connectivity index is 1.30. The van der Waals surface area contributed by atoms with Crippen LogP contribution in [0, 0.1) is 18.3 Å². The number of alkyl halides is 1. The molecule has 2 aromatic rings. The summed E-state index contributed by atoms with van der Waals surface area (Å²) in [5.41, 5.74) is 4.42. The Bertz CT molecular complexity index is 1330. The molecule has 8 unspecified atom stereocenters. The normalized spacial score (nSPS) is 45.3. The van der Waals surface area contributed by atoms with Crippen LogP contribution >= 0.6 is 11.6 Å². The van der Waals surface area contributed by atoms with E-state index in [0.29, 0.717) is 6.42 Å². The van der Waals surface area contributed by atoms with Gasteiger partial charge in [-0.3, -0.25) is 5.10 Å². The molecule has 1 aromatic heterocycles. The standard InChI is InChI=1S/C29H36ClN3O3/c1-16-18-6-5-17(13-21(18)32-31-16)19-7-8-23-26(19,2)9-11-28(30)14-20-24(34)25(35)22(33(3)4)15-27(20)10-12-29(23,28)36-27/h5-7,13-14,22-25,34-35H,8-12,15H2,1-4H3,(H,31,32). The third kappa shape index (κ3) is 2.70. The Kier molecular flexibility index (Phi) is 4.71. The molecule has 2 saturated carbocycles. The van der Waals surface area contributed by atoms with E-state index in [1.807, 2.05) is 19.0 Å². The monoisotopic (exact) mass is 509 g/mol. The number of benzene rings is 1. The van der Waals surface area contributed by atoms with Gasteiger partial charge in [-0.2, -0.15) is 5.10 Å². The second-order valence-electron chi connectivity index (χ2n) is 12.5. The van der Waals surface area contributed by atoms with Crippen molar-refractivity contribution in [3.63, 3.8) is 0 Å². The summed E-state index contributed by atoms with van der Waals surface area (Å²) < 4.78 is 7.27. The number of ether oxygens (including phenoxy) is 1. The smallest absolute Gasteiger partial charge is 0.105 e. The number of aromatic nitrogens is 2. The van der Waals surface area contributed by atoms with Gasteiger partial charge in [0.1, 0.15) is 6.10 Å². The van der Waals surface area contributed by atoms with E-state index in [1.165, 1.54) is 16.5 Å². The number of likely N-dealkylation sites (N-methyl/N-ethyl adjacent to an activating group) is 1. The second-order valence-corrected chi connectivity index (χ2v) is 13.2. The van der Waals surface area contributed by atoms with Crippen LogP contribution in [-0.2, 0) is 4.74 Å². The van der Waals surface area contributed by atoms with Gasteiger partial charge in [-0.15, -0.1) is 11.6 Å². The number of nitrogens with zero attached hydrogens (tertiary/aromatic N) is 2. The highest BCUT2D eigenvalue weighted by Gasteiger charge is 2.73. The molecule has 7 heteroatoms. The molecule has 192 valence electrons. The lowest BCUT2D eigenvalue weighted by Crippen LogP contribution is -2.68. The van der Waals surface area contributed by atoms with E-state index in [-0.39, 0.29) is 17.4 Å². The van der Waals surface area contributed by atoms with Crippen LogP contribution in [0.3, 0.4) is 0 Å². The Morgan fingerprint density at radius 3 is 2.75 bits per heavy atom. The minimum atomic E-state index is -0.951. The first-order valence-corrected chi connectivity index (χ1v) is 13.7. The molecule has 8 atom stereocenters. The lowest BCUT2D eigenvalue weighted by molar-refractivity contribution is -0.199. The van der Waals surface area contributed by atoms with E-state index in [9.17, 15) is 10.2 Å². The van der Waals surface area contributed by atoms with Crippen molar-refractivity contribution in [2.45, 2.75) is 86.7 Å². The summed E-state index contributed by atoms with van der Waals surface area (Å²) in [5, 5.41) is 30.9. The van der Waals surface area contributed by atoms with Gasteiger partial charge in [0.05, 0.1) is 27.7 Å². The van der Waals surface area contributed by atoms with Gasteiger partial charge in [0, 0.05) is 23.0 Å². The van der Waals surface area contributed by atoms with E-state index in [0.717, 1.165) is 48.9 Å². The number of rotatable bonds is 2. The van der Waals surface area contributed by atoms with Gasteiger partial charge in [-0.25, -0.2) is 0 Å². The Morgan fingerprint density at radius 1 is 1.17 bits per heavy atom. The van der Waals surface area contributed by atoms with Crippen LogP contribution in [0.2, 0.25) is 0 Å². The van der Waals surface area contributed by atoms with Gasteiger partial charge in [-0.1, -0.05) is 31.2 Å². The summed E-state index contributed by atoms with van der Waals surface area (Å²) in [4.78, 5) is 1.34. The van der Waals surface area contributed by atoms with Crippen molar-refractivity contribution < 1.29 is 14.9 Å². The number of hydrogen-bond donors (Lipinski definition) is 3. The maximum absolute atomic E-state index is 11.2. The predicted octanol–water partition coefficient (Wildman–Crippen LogP) is 4.34. The molecular formula is C29H36ClN3O3. The molecule has 3 N–H and O–H groups in total. The van der Waals surface area contributed by atoms with Gasteiger partial charge >= 0.3 is 0 Å². The number of aryl methyl sites for hydroxylation is 1. The van der Waals surface area contributed by atoms with E-state index >= 15 is 0 Å². The van der Waals surface area contributed by atoms with Gasteiger partial charge in [-0.05, 0) is 87.7 Å². The first-order valence-electron chi connectivity index (χ1n) is 13.3. The van der Waals surface area contributed by atoms with Crippen molar-refractivity contribution in [3.05, 3.63) is 47.2 Å². The van der Waals surface area contributed by atoms with Crippen LogP contribution in [0.1, 0.15) is 56.7 Å². The number of halogens is 1. The number of aromatic amines is 1. The highest BCUT2D eigenvalue weighted by Crippen LogP contribution is 2.71. The van der Waals surface area contributed by atoms with Crippen molar-refractivity contribution in [2.24, 2.45) is 11.3 Å². The molecule has 2 spiro atoms. The summed E-state index contributed by atoms with van der Waals surface area (Å²) in [7, 11) is 3.93. The van der Waals surface area contributed by atoms with Crippen molar-refractivity contribution in [3.8, 4) is 0 Å². The van der Waals surface area contributed by atoms with Crippen LogP contribution in [-0.4, -0.2) is 73.7 Å². The third-order valence-electron chi connectivity index (χ3n) is 10.7. The Hall–Kier alpha value is -1.70. The molecule has 2 aliphatic heterocycles. The fraction of sp³-hybridized carbons (Fsp3) is 0.621. The minimum absolute atomic E-state index is 0.0535. The van der Waals surface area contributed by atoms with Crippen LogP contribution in [0.25, 0.3) is 16.5 Å². The molecule has 0 amide bonds. The van der Waals surface area contributed by atoms with Crippen LogP contribution in [0.15, 0.2) is 35.9 Å². The number of allylic oxidation sites excluding steroid dienone is 2. The topological polar surface area (TPSA) is 81.6 Å². The summed E-state index contributed by atoms with van der Waals surface area (Å²) in [6.07, 6.45) is 7.79. The number of H-pyrrole nitrogens is 1. The highest BCUT2D eigenvalue weighted by atomic mass is 35.5. The van der Waals surface area contributed by atoms with Gasteiger partial charge < -0.3 is 19.8 Å². The van der Waals surface area contributed by atoms with Crippen LogP contribution in [0.4, 0.5) is 0 Å². The maximum atomic E-state index is 11.2. The number of nitrogens with one attached hydrogen (secondary N) is 1. The molecule has 0 radical (unpaired) electrons. The molecule has 6 nitrogen and oxygen atoms in total. The summed E-state index contributed by atoms with van der Waals surface area (Å²) in [6.45, 7) is 4.46.